The molecule has 4 heterocycles. The van der Waals surface area contributed by atoms with Crippen LogP contribution >= 0.6 is 23.1 Å². The van der Waals surface area contributed by atoms with Crippen LogP contribution in [0.25, 0.3) is 21.4 Å². The number of ether oxygens (including phenoxy) is 1. The Morgan fingerprint density at radius 1 is 1.19 bits per heavy atom. The molecular weight excluding hydrogens is 502 g/mol. The number of carbonyl (C=O) groups excluding carboxylic acids is 1. The zero-order valence-corrected chi connectivity index (χ0v) is 22.0. The van der Waals surface area contributed by atoms with E-state index >= 15 is 0 Å². The molecule has 0 spiro atoms. The number of fused-ring (bicyclic) bond motifs is 2. The molecule has 1 fully saturated rings. The third kappa shape index (κ3) is 4.59. The maximum atomic E-state index is 13.7. The Bertz CT molecular complexity index is 1550. The van der Waals surface area contributed by atoms with E-state index in [4.69, 9.17) is 9.72 Å². The standard InChI is InChI=1S/C23H27N7O4S2/c1-26-20-19(21(32)27(2)23(26)33)29(14-24-20)13-18(31)30(7-6-28-8-10-34-11-9-28)22-25-16-5-4-15(35-3)12-17(16)36-22/h4-5,12,14H,6-11,13H2,1-3H3. The number of hydrogen-bond acceptors (Lipinski definition) is 9. The van der Waals surface area contributed by atoms with Gasteiger partial charge in [-0.3, -0.25) is 28.5 Å². The Morgan fingerprint density at radius 3 is 2.72 bits per heavy atom. The van der Waals surface area contributed by atoms with Crippen molar-refractivity contribution in [2.75, 3.05) is 50.5 Å². The summed E-state index contributed by atoms with van der Waals surface area (Å²) in [5, 5.41) is 0.617. The number of carbonyl (C=O) groups is 1. The summed E-state index contributed by atoms with van der Waals surface area (Å²) in [7, 11) is 2.98. The van der Waals surface area contributed by atoms with E-state index in [9.17, 15) is 14.4 Å². The molecule has 1 aromatic carbocycles. The number of imidazole rings is 1. The summed E-state index contributed by atoms with van der Waals surface area (Å²) in [5.74, 6) is -0.206. The van der Waals surface area contributed by atoms with Gasteiger partial charge in [-0.05, 0) is 24.5 Å². The number of aryl methyl sites for hydroxylation is 1. The smallest absolute Gasteiger partial charge is 0.332 e. The predicted octanol–water partition coefficient (Wildman–Crippen LogP) is 1.13. The molecule has 0 aliphatic carbocycles. The third-order valence-electron chi connectivity index (χ3n) is 6.38. The number of aromatic nitrogens is 5. The summed E-state index contributed by atoms with van der Waals surface area (Å²) < 4.78 is 10.3. The van der Waals surface area contributed by atoms with E-state index in [2.05, 4.69) is 16.0 Å². The summed E-state index contributed by atoms with van der Waals surface area (Å²) in [4.78, 5) is 52.9. The summed E-state index contributed by atoms with van der Waals surface area (Å²) in [5.41, 5.74) is 0.363. The summed E-state index contributed by atoms with van der Waals surface area (Å²) in [6, 6.07) is 6.08. The van der Waals surface area contributed by atoms with Crippen molar-refractivity contribution in [1.82, 2.24) is 28.6 Å². The van der Waals surface area contributed by atoms with E-state index in [1.807, 2.05) is 18.4 Å². The fourth-order valence-corrected chi connectivity index (χ4v) is 5.84. The average molecular weight is 530 g/mol. The van der Waals surface area contributed by atoms with Crippen LogP contribution in [0.1, 0.15) is 0 Å². The maximum absolute atomic E-state index is 13.7. The number of hydrogen-bond donors (Lipinski definition) is 0. The Balaban J connectivity index is 1.48. The van der Waals surface area contributed by atoms with Crippen molar-refractivity contribution in [3.63, 3.8) is 0 Å². The van der Waals surface area contributed by atoms with Gasteiger partial charge in [0.05, 0.1) is 29.8 Å². The number of rotatable bonds is 7. The Morgan fingerprint density at radius 2 is 1.97 bits per heavy atom. The van der Waals surface area contributed by atoms with Crippen LogP contribution in [0.5, 0.6) is 0 Å². The van der Waals surface area contributed by atoms with Gasteiger partial charge in [-0.25, -0.2) is 14.8 Å². The van der Waals surface area contributed by atoms with Crippen molar-refractivity contribution in [3.8, 4) is 0 Å². The molecule has 0 bridgehead atoms. The van der Waals surface area contributed by atoms with Crippen molar-refractivity contribution >= 4 is 55.5 Å². The van der Waals surface area contributed by atoms with Crippen molar-refractivity contribution in [3.05, 3.63) is 45.4 Å². The largest absolute Gasteiger partial charge is 0.379 e. The van der Waals surface area contributed by atoms with Gasteiger partial charge >= 0.3 is 5.69 Å². The fourth-order valence-electron chi connectivity index (χ4n) is 4.28. The average Bonchev–Trinajstić information content (AvgIpc) is 3.50. The molecule has 5 rings (SSSR count). The normalized spacial score (nSPS) is 14.6. The van der Waals surface area contributed by atoms with E-state index < -0.39 is 11.2 Å². The SMILES string of the molecule is CSc1ccc2nc(N(CCN3CCOCC3)C(=O)Cn3cnc4c3c(=O)n(C)c(=O)n4C)sc2c1. The van der Waals surface area contributed by atoms with E-state index in [1.165, 1.54) is 33.8 Å². The molecule has 1 aliphatic rings. The summed E-state index contributed by atoms with van der Waals surface area (Å²) >= 11 is 3.14. The van der Waals surface area contributed by atoms with Crippen LogP contribution in [0.15, 0.2) is 39.0 Å². The monoisotopic (exact) mass is 529 g/mol. The van der Waals surface area contributed by atoms with Crippen LogP contribution in [0.2, 0.25) is 0 Å². The first-order valence-corrected chi connectivity index (χ1v) is 13.6. The van der Waals surface area contributed by atoms with Gasteiger partial charge in [0.1, 0.15) is 6.54 Å². The zero-order chi connectivity index (χ0) is 25.4. The molecule has 3 aromatic heterocycles. The highest BCUT2D eigenvalue weighted by atomic mass is 32.2. The first kappa shape index (κ1) is 24.7. The van der Waals surface area contributed by atoms with Gasteiger partial charge in [0.15, 0.2) is 16.3 Å². The minimum Gasteiger partial charge on any atom is -0.379 e. The molecule has 0 unspecified atom stereocenters. The second-order valence-corrected chi connectivity index (χ2v) is 10.5. The number of thiazole rings is 1. The van der Waals surface area contributed by atoms with Crippen molar-refractivity contribution in [2.45, 2.75) is 11.4 Å². The fraction of sp³-hybridized carbons (Fsp3) is 0.435. The molecule has 1 saturated heterocycles. The van der Waals surface area contributed by atoms with Crippen LogP contribution < -0.4 is 16.1 Å². The Kier molecular flexibility index (Phi) is 6.97. The lowest BCUT2D eigenvalue weighted by atomic mass is 10.3. The molecule has 190 valence electrons. The number of benzene rings is 1. The first-order chi connectivity index (χ1) is 17.4. The van der Waals surface area contributed by atoms with Crippen molar-refractivity contribution < 1.29 is 9.53 Å². The van der Waals surface area contributed by atoms with Gasteiger partial charge in [0.2, 0.25) is 5.91 Å². The second kappa shape index (κ2) is 10.2. The molecule has 13 heteroatoms. The molecule has 1 aliphatic heterocycles. The lowest BCUT2D eigenvalue weighted by Crippen LogP contribution is -2.44. The van der Waals surface area contributed by atoms with Crippen LogP contribution in [0.4, 0.5) is 5.13 Å². The number of nitrogens with zero attached hydrogens (tertiary/aromatic N) is 7. The molecule has 0 atom stereocenters. The molecule has 1 amide bonds. The minimum atomic E-state index is -0.483. The van der Waals surface area contributed by atoms with Crippen LogP contribution in [-0.2, 0) is 30.2 Å². The predicted molar refractivity (Wildman–Crippen MR) is 141 cm³/mol. The number of morpholine rings is 1. The van der Waals surface area contributed by atoms with E-state index in [-0.39, 0.29) is 23.6 Å². The van der Waals surface area contributed by atoms with Gasteiger partial charge in [0.25, 0.3) is 5.56 Å². The van der Waals surface area contributed by atoms with E-state index in [0.29, 0.717) is 31.4 Å². The molecular formula is C23H27N7O4S2. The van der Waals surface area contributed by atoms with Gasteiger partial charge in [-0.15, -0.1) is 11.8 Å². The molecule has 0 radical (unpaired) electrons. The number of thioether (sulfide) groups is 1. The van der Waals surface area contributed by atoms with E-state index in [0.717, 1.165) is 32.8 Å². The van der Waals surface area contributed by atoms with Gasteiger partial charge in [0, 0.05) is 45.2 Å². The quantitative estimate of drug-likeness (QED) is 0.328. The van der Waals surface area contributed by atoms with E-state index in [1.54, 1.807) is 23.7 Å². The van der Waals surface area contributed by atoms with Gasteiger partial charge in [-0.1, -0.05) is 11.3 Å². The van der Waals surface area contributed by atoms with Crippen molar-refractivity contribution in [2.24, 2.45) is 14.1 Å². The van der Waals surface area contributed by atoms with Gasteiger partial charge < -0.3 is 9.30 Å². The number of amides is 1. The molecule has 11 nitrogen and oxygen atoms in total. The highest BCUT2D eigenvalue weighted by Crippen LogP contribution is 2.32. The lowest BCUT2D eigenvalue weighted by molar-refractivity contribution is -0.119. The molecule has 0 saturated carbocycles. The lowest BCUT2D eigenvalue weighted by Gasteiger charge is -2.29. The van der Waals surface area contributed by atoms with Gasteiger partial charge in [-0.2, -0.15) is 0 Å². The Labute approximate surface area is 214 Å². The Hall–Kier alpha value is -3.00. The molecule has 36 heavy (non-hydrogen) atoms. The maximum Gasteiger partial charge on any atom is 0.332 e. The number of anilines is 1. The third-order valence-corrected chi connectivity index (χ3v) is 8.15. The highest BCUT2D eigenvalue weighted by molar-refractivity contribution is 7.98. The first-order valence-electron chi connectivity index (χ1n) is 11.5. The zero-order valence-electron chi connectivity index (χ0n) is 20.3. The van der Waals surface area contributed by atoms with Crippen LogP contribution in [0.3, 0.4) is 0 Å². The topological polar surface area (TPSA) is 107 Å². The minimum absolute atomic E-state index is 0.0982. The van der Waals surface area contributed by atoms with Crippen LogP contribution in [-0.4, -0.2) is 80.1 Å². The summed E-state index contributed by atoms with van der Waals surface area (Å²) in [6.07, 6.45) is 3.46. The highest BCUT2D eigenvalue weighted by Gasteiger charge is 2.24. The second-order valence-electron chi connectivity index (χ2n) is 8.58. The van der Waals surface area contributed by atoms with Crippen LogP contribution in [0, 0.1) is 0 Å². The van der Waals surface area contributed by atoms with Crippen molar-refractivity contribution in [1.29, 1.82) is 0 Å². The molecule has 0 N–H and O–H groups in total. The molecule has 4 aromatic rings. The summed E-state index contributed by atoms with van der Waals surface area (Å²) in [6.45, 7) is 4.02.